The Morgan fingerprint density at radius 1 is 0.882 bits per heavy atom. The molecule has 3 aromatic rings. The zero-order valence-electron chi connectivity index (χ0n) is 28.0. The third kappa shape index (κ3) is 12.5. The maximum absolute atomic E-state index is 13.6. The molecule has 0 spiro atoms. The predicted molar refractivity (Wildman–Crippen MR) is 179 cm³/mol. The number of rotatable bonds is 19. The number of carbonyl (C=O) groups excluding carboxylic acids is 3. The molecule has 51 heavy (non-hydrogen) atoms. The van der Waals surface area contributed by atoms with Gasteiger partial charge in [0, 0.05) is 55.9 Å². The molecule has 1 atom stereocenters. The third-order valence-corrected chi connectivity index (χ3v) is 8.69. The topological polar surface area (TPSA) is 184 Å². The molecular formula is C34H38F3N5O8S. The van der Waals surface area contributed by atoms with E-state index in [-0.39, 0.29) is 92.0 Å². The van der Waals surface area contributed by atoms with Crippen LogP contribution >= 0.6 is 0 Å². The van der Waals surface area contributed by atoms with Crippen molar-refractivity contribution in [2.75, 3.05) is 59.8 Å². The van der Waals surface area contributed by atoms with Gasteiger partial charge in [0.25, 0.3) is 11.5 Å². The Bertz CT molecular complexity index is 1750. The molecule has 17 heteroatoms. The zero-order valence-corrected chi connectivity index (χ0v) is 28.8. The maximum atomic E-state index is 13.6. The van der Waals surface area contributed by atoms with Gasteiger partial charge in [0.15, 0.2) is 9.79 Å². The summed E-state index contributed by atoms with van der Waals surface area (Å²) in [6.07, 6.45) is -4.50. The minimum absolute atomic E-state index is 0.0156. The van der Waals surface area contributed by atoms with Crippen LogP contribution in [0, 0.1) is 18.3 Å². The van der Waals surface area contributed by atoms with Crippen LogP contribution in [-0.2, 0) is 41.2 Å². The van der Waals surface area contributed by atoms with E-state index in [2.05, 4.69) is 16.0 Å². The average Bonchev–Trinajstić information content (AvgIpc) is 3.12. The van der Waals surface area contributed by atoms with Gasteiger partial charge in [-0.2, -0.15) is 18.4 Å². The summed E-state index contributed by atoms with van der Waals surface area (Å²) >= 11 is -1.98. The van der Waals surface area contributed by atoms with Gasteiger partial charge < -0.3 is 34.7 Å². The van der Waals surface area contributed by atoms with Crippen molar-refractivity contribution in [2.45, 2.75) is 35.7 Å². The number of hydrogen-bond donors (Lipinski definition) is 3. The molecule has 0 bridgehead atoms. The first-order chi connectivity index (χ1) is 24.4. The minimum atomic E-state index is -4.70. The first kappa shape index (κ1) is 40.7. The second-order valence-electron chi connectivity index (χ2n) is 10.7. The molecule has 13 nitrogen and oxygen atoms in total. The molecule has 3 rings (SSSR count). The Labute approximate surface area is 295 Å². The molecule has 0 aliphatic heterocycles. The number of ether oxygens (including phenoxy) is 3. The van der Waals surface area contributed by atoms with Crippen LogP contribution in [0.25, 0.3) is 5.69 Å². The summed E-state index contributed by atoms with van der Waals surface area (Å²) in [6.45, 7) is 2.93. The molecule has 0 aliphatic carbocycles. The van der Waals surface area contributed by atoms with Gasteiger partial charge in [-0.1, -0.05) is 6.07 Å². The highest BCUT2D eigenvalue weighted by molar-refractivity contribution is 7.91. The van der Waals surface area contributed by atoms with Crippen molar-refractivity contribution in [3.05, 3.63) is 87.3 Å². The van der Waals surface area contributed by atoms with Crippen molar-refractivity contribution in [3.8, 4) is 11.8 Å². The van der Waals surface area contributed by atoms with Crippen LogP contribution in [0.3, 0.4) is 0 Å². The normalized spacial score (nSPS) is 11.8. The first-order valence-corrected chi connectivity index (χ1v) is 16.9. The van der Waals surface area contributed by atoms with Crippen molar-refractivity contribution in [2.24, 2.45) is 0 Å². The van der Waals surface area contributed by atoms with Gasteiger partial charge in [0.1, 0.15) is 5.56 Å². The van der Waals surface area contributed by atoms with Crippen LogP contribution in [0.2, 0.25) is 0 Å². The smallest absolute Gasteiger partial charge is 0.416 e. The number of nitrogens with zero attached hydrogens (tertiary/aromatic N) is 2. The van der Waals surface area contributed by atoms with E-state index >= 15 is 0 Å². The number of halogens is 3. The number of amides is 3. The number of aromatic nitrogens is 1. The molecule has 2 aromatic carbocycles. The molecule has 3 N–H and O–H groups in total. The van der Waals surface area contributed by atoms with Crippen LogP contribution in [0.5, 0.6) is 0 Å². The largest absolute Gasteiger partial charge is 0.606 e. The van der Waals surface area contributed by atoms with E-state index in [1.165, 1.54) is 44.3 Å². The fourth-order valence-corrected chi connectivity index (χ4v) is 5.74. The van der Waals surface area contributed by atoms with Gasteiger partial charge in [0.05, 0.1) is 62.5 Å². The standard InChI is InChI=1S/C34H38F3N5O8S/c1-23-29(51(47)27-8-6-24(22-38)7-9-27)21-28(33(46)42(23)26-5-3-4-25(20-26)34(35,36)37)32(45)41-13-15-49-17-19-50-18-16-48-14-12-40-31(44)11-10-30(43)39-2/h3-9,20-21H,10-19H2,1-2H3,(H,39,43)(H,40,44)(H,41,45). The SMILES string of the molecule is CNC(=O)CCC(=O)NCCOCCOCCOCCNC(=O)c1cc([S+]([O-])c2ccc(C#N)cc2)c(C)n(-c2cccc(C(F)(F)F)c2)c1=O. The van der Waals surface area contributed by atoms with E-state index in [4.69, 9.17) is 19.5 Å². The Hall–Kier alpha value is -4.73. The Kier molecular flexibility index (Phi) is 16.1. The van der Waals surface area contributed by atoms with Crippen LogP contribution in [-0.4, -0.2) is 86.6 Å². The number of alkyl halides is 3. The molecule has 0 aliphatic rings. The lowest BCUT2D eigenvalue weighted by Crippen LogP contribution is -2.36. The van der Waals surface area contributed by atoms with Gasteiger partial charge in [-0.25, -0.2) is 0 Å². The molecular weight excluding hydrogens is 695 g/mol. The second-order valence-corrected chi connectivity index (χ2v) is 12.2. The summed E-state index contributed by atoms with van der Waals surface area (Å²) in [7, 11) is 1.50. The molecule has 0 saturated heterocycles. The minimum Gasteiger partial charge on any atom is -0.606 e. The highest BCUT2D eigenvalue weighted by atomic mass is 32.2. The number of benzene rings is 2. The highest BCUT2D eigenvalue weighted by Crippen LogP contribution is 2.31. The number of hydrogen-bond acceptors (Lipinski definition) is 9. The van der Waals surface area contributed by atoms with Gasteiger partial charge in [-0.3, -0.25) is 23.7 Å². The summed E-state index contributed by atoms with van der Waals surface area (Å²) in [5.74, 6) is -1.32. The molecule has 1 heterocycles. The molecule has 274 valence electrons. The predicted octanol–water partition coefficient (Wildman–Crippen LogP) is 2.63. The second kappa shape index (κ2) is 20.2. The molecule has 0 radical (unpaired) electrons. The van der Waals surface area contributed by atoms with Crippen molar-refractivity contribution < 1.29 is 46.3 Å². The Morgan fingerprint density at radius 3 is 2.06 bits per heavy atom. The highest BCUT2D eigenvalue weighted by Gasteiger charge is 2.32. The van der Waals surface area contributed by atoms with Crippen LogP contribution in [0.4, 0.5) is 13.2 Å². The zero-order chi connectivity index (χ0) is 37.4. The summed E-state index contributed by atoms with van der Waals surface area (Å²) in [4.78, 5) is 49.8. The number of carbonyl (C=O) groups is 3. The Balaban J connectivity index is 1.55. The average molecular weight is 734 g/mol. The van der Waals surface area contributed by atoms with E-state index in [0.717, 1.165) is 28.8 Å². The molecule has 1 unspecified atom stereocenters. The van der Waals surface area contributed by atoms with Gasteiger partial charge >= 0.3 is 6.18 Å². The quantitative estimate of drug-likeness (QED) is 0.123. The van der Waals surface area contributed by atoms with Crippen molar-refractivity contribution >= 4 is 28.9 Å². The lowest BCUT2D eigenvalue weighted by molar-refractivity contribution is -0.137. The fraction of sp³-hybridized carbons (Fsp3) is 0.382. The van der Waals surface area contributed by atoms with E-state index in [1.807, 2.05) is 6.07 Å². The number of nitrogens with one attached hydrogen (secondary N) is 3. The molecule has 0 fully saturated rings. The molecule has 0 saturated carbocycles. The van der Waals surface area contributed by atoms with Gasteiger partial charge in [0.2, 0.25) is 11.8 Å². The van der Waals surface area contributed by atoms with E-state index in [0.29, 0.717) is 12.1 Å². The van der Waals surface area contributed by atoms with Gasteiger partial charge in [-0.05, 0) is 49.4 Å². The number of pyridine rings is 1. The summed E-state index contributed by atoms with van der Waals surface area (Å²) in [6, 6.07) is 12.9. The van der Waals surface area contributed by atoms with Crippen molar-refractivity contribution in [1.29, 1.82) is 5.26 Å². The summed E-state index contributed by atoms with van der Waals surface area (Å²) in [5, 5.41) is 16.7. The van der Waals surface area contributed by atoms with Crippen molar-refractivity contribution in [1.82, 2.24) is 20.5 Å². The first-order valence-electron chi connectivity index (χ1n) is 15.7. The monoisotopic (exact) mass is 733 g/mol. The lowest BCUT2D eigenvalue weighted by Gasteiger charge is -2.19. The van der Waals surface area contributed by atoms with Crippen LogP contribution < -0.4 is 21.5 Å². The van der Waals surface area contributed by atoms with E-state index in [1.54, 1.807) is 0 Å². The van der Waals surface area contributed by atoms with Gasteiger partial charge in [-0.15, -0.1) is 0 Å². The van der Waals surface area contributed by atoms with Crippen LogP contribution in [0.15, 0.2) is 69.2 Å². The number of nitriles is 1. The molecule has 3 amide bonds. The summed E-state index contributed by atoms with van der Waals surface area (Å²) < 4.78 is 71.4. The maximum Gasteiger partial charge on any atom is 0.416 e. The fourth-order valence-electron chi connectivity index (χ4n) is 4.52. The Morgan fingerprint density at radius 2 is 1.47 bits per heavy atom. The van der Waals surface area contributed by atoms with Crippen LogP contribution in [0.1, 0.15) is 40.0 Å². The van der Waals surface area contributed by atoms with E-state index < -0.39 is 39.9 Å². The summed E-state index contributed by atoms with van der Waals surface area (Å²) in [5.41, 5.74) is -2.16. The lowest BCUT2D eigenvalue weighted by atomic mass is 10.1. The van der Waals surface area contributed by atoms with E-state index in [9.17, 15) is 36.9 Å². The third-order valence-electron chi connectivity index (χ3n) is 7.18. The van der Waals surface area contributed by atoms with Crippen molar-refractivity contribution in [3.63, 3.8) is 0 Å². The molecule has 1 aromatic heterocycles.